The average Bonchev–Trinajstić information content (AvgIpc) is 2.06. The van der Waals surface area contributed by atoms with Crippen LogP contribution in [-0.4, -0.2) is 11.7 Å². The number of rotatable bonds is 2. The molecule has 0 atom stereocenters. The van der Waals surface area contributed by atoms with Gasteiger partial charge in [0.2, 0.25) is 0 Å². The van der Waals surface area contributed by atoms with Crippen LogP contribution in [-0.2, 0) is 0 Å². The quantitative estimate of drug-likeness (QED) is 0.824. The molecule has 3 heteroatoms. The molecule has 1 rings (SSSR count). The van der Waals surface area contributed by atoms with E-state index in [2.05, 4.69) is 22.6 Å². The van der Waals surface area contributed by atoms with Gasteiger partial charge in [-0.1, -0.05) is 12.1 Å². The van der Waals surface area contributed by atoms with E-state index >= 15 is 0 Å². The molecule has 0 heterocycles. The molecule has 0 aromatic heterocycles. The van der Waals surface area contributed by atoms with E-state index in [-0.39, 0.29) is 12.4 Å². The second-order valence-corrected chi connectivity index (χ2v) is 3.40. The number of halogens is 2. The highest BCUT2D eigenvalue weighted by Crippen LogP contribution is 2.21. The summed E-state index contributed by atoms with van der Waals surface area (Å²) in [4.78, 5) is 0. The highest BCUT2D eigenvalue weighted by Gasteiger charge is 1.95. The Hall–Kier alpha value is -0.420. The molecular formula is C9H8FIO. The lowest BCUT2D eigenvalue weighted by Gasteiger charge is -1.97. The molecule has 0 bridgehead atoms. The number of aliphatic hydroxyl groups is 1. The van der Waals surface area contributed by atoms with Gasteiger partial charge in [-0.05, 0) is 46.4 Å². The molecule has 64 valence electrons. The molecule has 0 aliphatic heterocycles. The van der Waals surface area contributed by atoms with Crippen LogP contribution in [0.1, 0.15) is 5.56 Å². The Balaban J connectivity index is 2.89. The highest BCUT2D eigenvalue weighted by molar-refractivity contribution is 14.1. The fourth-order valence-corrected chi connectivity index (χ4v) is 1.36. The average molecular weight is 278 g/mol. The summed E-state index contributed by atoms with van der Waals surface area (Å²) in [5, 5.41) is 8.60. The maximum Gasteiger partial charge on any atom is 0.123 e. The van der Waals surface area contributed by atoms with Crippen LogP contribution in [0.3, 0.4) is 0 Å². The topological polar surface area (TPSA) is 20.2 Å². The predicted octanol–water partition coefficient (Wildman–Crippen LogP) is 2.59. The van der Waals surface area contributed by atoms with Crippen molar-refractivity contribution in [2.45, 2.75) is 0 Å². The molecule has 1 aromatic carbocycles. The van der Waals surface area contributed by atoms with Gasteiger partial charge in [-0.2, -0.15) is 0 Å². The van der Waals surface area contributed by atoms with E-state index in [4.69, 9.17) is 5.11 Å². The predicted molar refractivity (Wildman–Crippen MR) is 55.5 cm³/mol. The Labute approximate surface area is 84.1 Å². The summed E-state index contributed by atoms with van der Waals surface area (Å²) in [5.41, 5.74) is 0.922. The van der Waals surface area contributed by atoms with Crippen molar-refractivity contribution >= 4 is 26.2 Å². The van der Waals surface area contributed by atoms with Crippen LogP contribution in [0.15, 0.2) is 30.3 Å². The van der Waals surface area contributed by atoms with Gasteiger partial charge in [0.25, 0.3) is 0 Å². The third-order valence-corrected chi connectivity index (χ3v) is 2.45. The Morgan fingerprint density at radius 3 is 2.50 bits per heavy atom. The Morgan fingerprint density at radius 2 is 2.00 bits per heavy atom. The van der Waals surface area contributed by atoms with Gasteiger partial charge in [-0.3, -0.25) is 0 Å². The maximum absolute atomic E-state index is 12.5. The normalized spacial score (nSPS) is 11.8. The van der Waals surface area contributed by atoms with Crippen LogP contribution in [0, 0.1) is 5.82 Å². The first-order valence-electron chi connectivity index (χ1n) is 3.46. The summed E-state index contributed by atoms with van der Waals surface area (Å²) in [7, 11) is 0. The van der Waals surface area contributed by atoms with Crippen LogP contribution in [0.4, 0.5) is 4.39 Å². The minimum absolute atomic E-state index is 0.00957. The van der Waals surface area contributed by atoms with Gasteiger partial charge in [-0.25, -0.2) is 4.39 Å². The Kier molecular flexibility index (Phi) is 3.68. The molecule has 0 fully saturated rings. The van der Waals surface area contributed by atoms with Crippen LogP contribution < -0.4 is 0 Å². The van der Waals surface area contributed by atoms with E-state index in [0.717, 1.165) is 9.14 Å². The molecule has 0 aliphatic rings. The van der Waals surface area contributed by atoms with E-state index in [1.54, 1.807) is 18.2 Å². The van der Waals surface area contributed by atoms with E-state index in [1.165, 1.54) is 12.1 Å². The minimum atomic E-state index is -0.244. The van der Waals surface area contributed by atoms with Crippen molar-refractivity contribution in [2.75, 3.05) is 6.61 Å². The summed E-state index contributed by atoms with van der Waals surface area (Å²) in [6.07, 6.45) is 1.67. The lowest BCUT2D eigenvalue weighted by atomic mass is 10.2. The van der Waals surface area contributed by atoms with Crippen LogP contribution in [0.2, 0.25) is 0 Å². The first-order chi connectivity index (χ1) is 5.74. The van der Waals surface area contributed by atoms with Crippen molar-refractivity contribution in [2.24, 2.45) is 0 Å². The lowest BCUT2D eigenvalue weighted by Crippen LogP contribution is -1.80. The zero-order chi connectivity index (χ0) is 8.97. The zero-order valence-electron chi connectivity index (χ0n) is 6.30. The van der Waals surface area contributed by atoms with E-state index < -0.39 is 0 Å². The molecule has 0 spiro atoms. The number of benzene rings is 1. The molecule has 0 saturated heterocycles. The van der Waals surface area contributed by atoms with E-state index in [0.29, 0.717) is 0 Å². The van der Waals surface area contributed by atoms with Crippen molar-refractivity contribution < 1.29 is 9.50 Å². The zero-order valence-corrected chi connectivity index (χ0v) is 8.45. The summed E-state index contributed by atoms with van der Waals surface area (Å²) >= 11 is 2.10. The van der Waals surface area contributed by atoms with Crippen molar-refractivity contribution in [1.29, 1.82) is 0 Å². The van der Waals surface area contributed by atoms with Crippen molar-refractivity contribution in [3.63, 3.8) is 0 Å². The lowest BCUT2D eigenvalue weighted by molar-refractivity contribution is 0.343. The Morgan fingerprint density at radius 1 is 1.42 bits per heavy atom. The van der Waals surface area contributed by atoms with Gasteiger partial charge in [-0.15, -0.1) is 0 Å². The number of hydrogen-bond donors (Lipinski definition) is 1. The van der Waals surface area contributed by atoms with Gasteiger partial charge in [0, 0.05) is 3.58 Å². The van der Waals surface area contributed by atoms with Crippen LogP contribution in [0.25, 0.3) is 3.58 Å². The van der Waals surface area contributed by atoms with Gasteiger partial charge in [0.05, 0.1) is 6.61 Å². The van der Waals surface area contributed by atoms with Crippen LogP contribution >= 0.6 is 22.6 Å². The van der Waals surface area contributed by atoms with Gasteiger partial charge in [0.15, 0.2) is 0 Å². The van der Waals surface area contributed by atoms with Crippen molar-refractivity contribution in [3.05, 3.63) is 41.7 Å². The molecule has 0 radical (unpaired) electrons. The first kappa shape index (κ1) is 9.67. The number of hydrogen-bond acceptors (Lipinski definition) is 1. The third-order valence-electron chi connectivity index (χ3n) is 1.39. The summed E-state index contributed by atoms with van der Waals surface area (Å²) in [5.74, 6) is -0.244. The fraction of sp³-hybridized carbons (Fsp3) is 0.111. The summed E-state index contributed by atoms with van der Waals surface area (Å²) < 4.78 is 13.4. The molecule has 0 aliphatic carbocycles. The molecule has 0 unspecified atom stereocenters. The van der Waals surface area contributed by atoms with Gasteiger partial charge >= 0.3 is 0 Å². The molecule has 0 amide bonds. The van der Waals surface area contributed by atoms with Gasteiger partial charge < -0.3 is 5.11 Å². The second-order valence-electron chi connectivity index (χ2n) is 2.24. The summed E-state index contributed by atoms with van der Waals surface area (Å²) in [6.45, 7) is 0.00957. The van der Waals surface area contributed by atoms with Crippen molar-refractivity contribution in [3.8, 4) is 0 Å². The van der Waals surface area contributed by atoms with E-state index in [9.17, 15) is 4.39 Å². The first-order valence-corrected chi connectivity index (χ1v) is 4.54. The highest BCUT2D eigenvalue weighted by atomic mass is 127. The van der Waals surface area contributed by atoms with Crippen molar-refractivity contribution in [1.82, 2.24) is 0 Å². The molecule has 1 aromatic rings. The molecular weight excluding hydrogens is 270 g/mol. The minimum Gasteiger partial charge on any atom is -0.392 e. The molecule has 1 N–H and O–H groups in total. The van der Waals surface area contributed by atoms with Gasteiger partial charge in [0.1, 0.15) is 5.82 Å². The fourth-order valence-electron chi connectivity index (χ4n) is 0.807. The smallest absolute Gasteiger partial charge is 0.123 e. The standard InChI is InChI=1S/C9H8FIO/c10-8-3-1-7(2-4-8)9(11)5-6-12/h1-5,12H,6H2. The third kappa shape index (κ3) is 2.57. The SMILES string of the molecule is OCC=C(I)c1ccc(F)cc1. The molecule has 0 saturated carbocycles. The largest absolute Gasteiger partial charge is 0.392 e. The monoisotopic (exact) mass is 278 g/mol. The number of aliphatic hydroxyl groups excluding tert-OH is 1. The molecule has 12 heavy (non-hydrogen) atoms. The van der Waals surface area contributed by atoms with E-state index in [1.807, 2.05) is 0 Å². The Bertz CT molecular complexity index is 279. The van der Waals surface area contributed by atoms with Crippen LogP contribution in [0.5, 0.6) is 0 Å². The molecule has 1 nitrogen and oxygen atoms in total. The maximum atomic E-state index is 12.5. The second kappa shape index (κ2) is 4.57. The summed E-state index contributed by atoms with van der Waals surface area (Å²) in [6, 6.07) is 6.17.